The molecule has 0 amide bonds. The topological polar surface area (TPSA) is 76.2 Å². The summed E-state index contributed by atoms with van der Waals surface area (Å²) in [6.07, 6.45) is 2.54. The highest BCUT2D eigenvalue weighted by atomic mass is 35.5. The van der Waals surface area contributed by atoms with Crippen LogP contribution in [-0.2, 0) is 4.79 Å². The zero-order valence-electron chi connectivity index (χ0n) is 7.08. The molecular formula is C8H8Cl2N2O2. The second-order valence-electron chi connectivity index (χ2n) is 2.72. The Hall–Kier alpha value is -0.840. The maximum Gasteiger partial charge on any atom is 0.305 e. The molecule has 76 valence electrons. The number of carbonyl (C=O) groups is 1. The number of aliphatic carboxylic acids is 1. The molecular weight excluding hydrogens is 227 g/mol. The van der Waals surface area contributed by atoms with Crippen molar-refractivity contribution >= 4 is 29.2 Å². The average Bonchev–Trinajstić information content (AvgIpc) is 2.01. The summed E-state index contributed by atoms with van der Waals surface area (Å²) in [4.78, 5) is 14.2. The van der Waals surface area contributed by atoms with Gasteiger partial charge in [0.1, 0.15) is 0 Å². The number of hydrogen-bond acceptors (Lipinski definition) is 3. The normalized spacial score (nSPS) is 12.5. The van der Waals surface area contributed by atoms with Crippen molar-refractivity contribution in [1.82, 2.24) is 4.98 Å². The third-order valence-corrected chi connectivity index (χ3v) is 2.26. The molecule has 0 fully saturated rings. The van der Waals surface area contributed by atoms with Gasteiger partial charge in [-0.05, 0) is 0 Å². The lowest BCUT2D eigenvalue weighted by molar-refractivity contribution is -0.137. The van der Waals surface area contributed by atoms with E-state index in [0.717, 1.165) is 0 Å². The summed E-state index contributed by atoms with van der Waals surface area (Å²) in [5, 5.41) is 9.11. The molecule has 0 aliphatic heterocycles. The van der Waals surface area contributed by atoms with Gasteiger partial charge >= 0.3 is 5.97 Å². The van der Waals surface area contributed by atoms with Crippen LogP contribution in [0.1, 0.15) is 18.0 Å². The minimum atomic E-state index is -0.999. The van der Waals surface area contributed by atoms with Crippen LogP contribution in [0.5, 0.6) is 0 Å². The fraction of sp³-hybridized carbons (Fsp3) is 0.250. The molecule has 0 aromatic carbocycles. The van der Waals surface area contributed by atoms with Gasteiger partial charge in [0.15, 0.2) is 0 Å². The third kappa shape index (κ3) is 2.57. The first-order valence-electron chi connectivity index (χ1n) is 3.78. The molecule has 14 heavy (non-hydrogen) atoms. The summed E-state index contributed by atoms with van der Waals surface area (Å²) in [7, 11) is 0. The number of halogens is 2. The van der Waals surface area contributed by atoms with E-state index in [1.165, 1.54) is 12.4 Å². The van der Waals surface area contributed by atoms with Gasteiger partial charge in [0.2, 0.25) is 0 Å². The number of rotatable bonds is 3. The largest absolute Gasteiger partial charge is 0.481 e. The van der Waals surface area contributed by atoms with Gasteiger partial charge in [0, 0.05) is 24.0 Å². The summed E-state index contributed by atoms with van der Waals surface area (Å²) in [5.74, 6) is -0.999. The van der Waals surface area contributed by atoms with E-state index in [0.29, 0.717) is 5.56 Å². The lowest BCUT2D eigenvalue weighted by Gasteiger charge is -2.12. The number of carboxylic acid groups (broad SMARTS) is 1. The number of hydrogen-bond donors (Lipinski definition) is 2. The van der Waals surface area contributed by atoms with E-state index in [4.69, 9.17) is 34.0 Å². The molecule has 1 heterocycles. The maximum absolute atomic E-state index is 10.4. The monoisotopic (exact) mass is 234 g/mol. The summed E-state index contributed by atoms with van der Waals surface area (Å²) in [6.45, 7) is 0. The lowest BCUT2D eigenvalue weighted by Crippen LogP contribution is -2.16. The van der Waals surface area contributed by atoms with Gasteiger partial charge in [-0.2, -0.15) is 0 Å². The van der Waals surface area contributed by atoms with E-state index in [2.05, 4.69) is 4.98 Å². The van der Waals surface area contributed by atoms with E-state index in [1.807, 2.05) is 0 Å². The number of nitrogens with two attached hydrogens (primary N) is 1. The Balaban J connectivity index is 2.99. The minimum Gasteiger partial charge on any atom is -0.481 e. The summed E-state index contributed by atoms with van der Waals surface area (Å²) in [6, 6.07) is -0.713. The molecule has 0 saturated carbocycles. The molecule has 4 nitrogen and oxygen atoms in total. The highest BCUT2D eigenvalue weighted by Crippen LogP contribution is 2.29. The molecule has 1 unspecified atom stereocenters. The molecule has 6 heteroatoms. The second kappa shape index (κ2) is 4.59. The molecule has 0 aliphatic carbocycles. The molecule has 3 N–H and O–H groups in total. The molecule has 1 rings (SSSR count). The standard InChI is InChI=1S/C8H8Cl2N2O2/c9-4-2-12-3-5(10)8(4)6(11)1-7(13)14/h2-3,6H,1,11H2,(H,13,14). The Morgan fingerprint density at radius 2 is 2.00 bits per heavy atom. The van der Waals surface area contributed by atoms with Gasteiger partial charge in [-0.3, -0.25) is 9.78 Å². The quantitative estimate of drug-likeness (QED) is 0.838. The fourth-order valence-electron chi connectivity index (χ4n) is 1.07. The van der Waals surface area contributed by atoms with Crippen LogP contribution in [0, 0.1) is 0 Å². The van der Waals surface area contributed by atoms with Crippen LogP contribution in [0.3, 0.4) is 0 Å². The predicted octanol–water partition coefficient (Wildman–Crippen LogP) is 1.86. The summed E-state index contributed by atoms with van der Waals surface area (Å²) < 4.78 is 0. The zero-order chi connectivity index (χ0) is 10.7. The van der Waals surface area contributed by atoms with E-state index < -0.39 is 12.0 Å². The fourth-order valence-corrected chi connectivity index (χ4v) is 1.71. The molecule has 0 radical (unpaired) electrons. The molecule has 1 aromatic rings. The van der Waals surface area contributed by atoms with Crippen molar-refractivity contribution < 1.29 is 9.90 Å². The summed E-state index contributed by atoms with van der Waals surface area (Å²) in [5.41, 5.74) is 6.04. The van der Waals surface area contributed by atoms with E-state index in [1.54, 1.807) is 0 Å². The van der Waals surface area contributed by atoms with E-state index >= 15 is 0 Å². The van der Waals surface area contributed by atoms with E-state index in [-0.39, 0.29) is 16.5 Å². The van der Waals surface area contributed by atoms with Gasteiger partial charge in [0.25, 0.3) is 0 Å². The first kappa shape index (κ1) is 11.2. The Morgan fingerprint density at radius 1 is 1.50 bits per heavy atom. The Labute approximate surface area is 90.6 Å². The van der Waals surface area contributed by atoms with Gasteiger partial charge in [-0.1, -0.05) is 23.2 Å². The predicted molar refractivity (Wildman–Crippen MR) is 53.4 cm³/mol. The average molecular weight is 235 g/mol. The molecule has 1 atom stereocenters. The lowest BCUT2D eigenvalue weighted by atomic mass is 10.1. The van der Waals surface area contributed by atoms with Gasteiger partial charge in [-0.25, -0.2) is 0 Å². The van der Waals surface area contributed by atoms with E-state index in [9.17, 15) is 4.79 Å². The van der Waals surface area contributed by atoms with Crippen molar-refractivity contribution in [1.29, 1.82) is 0 Å². The third-order valence-electron chi connectivity index (χ3n) is 1.66. The molecule has 0 spiro atoms. The van der Waals surface area contributed by atoms with Crippen molar-refractivity contribution in [3.05, 3.63) is 28.0 Å². The van der Waals surface area contributed by atoms with Crippen molar-refractivity contribution in [3.63, 3.8) is 0 Å². The first-order chi connectivity index (χ1) is 6.52. The van der Waals surface area contributed by atoms with Gasteiger partial charge in [-0.15, -0.1) is 0 Å². The number of nitrogens with zero attached hydrogens (tertiary/aromatic N) is 1. The second-order valence-corrected chi connectivity index (χ2v) is 3.54. The van der Waals surface area contributed by atoms with Crippen LogP contribution in [-0.4, -0.2) is 16.1 Å². The zero-order valence-corrected chi connectivity index (χ0v) is 8.59. The molecule has 0 saturated heterocycles. The van der Waals surface area contributed by atoms with Crippen LogP contribution in [0.25, 0.3) is 0 Å². The number of pyridine rings is 1. The maximum atomic E-state index is 10.4. The Bertz CT molecular complexity index is 337. The molecule has 0 bridgehead atoms. The Morgan fingerprint density at radius 3 is 2.43 bits per heavy atom. The van der Waals surface area contributed by atoms with Gasteiger partial charge < -0.3 is 10.8 Å². The summed E-state index contributed by atoms with van der Waals surface area (Å²) >= 11 is 11.6. The van der Waals surface area contributed by atoms with Crippen molar-refractivity contribution in [2.75, 3.05) is 0 Å². The van der Waals surface area contributed by atoms with Crippen molar-refractivity contribution in [3.8, 4) is 0 Å². The van der Waals surface area contributed by atoms with Crippen molar-refractivity contribution in [2.24, 2.45) is 5.73 Å². The van der Waals surface area contributed by atoms with Gasteiger partial charge in [0.05, 0.1) is 16.5 Å². The SMILES string of the molecule is NC(CC(=O)O)c1c(Cl)cncc1Cl. The van der Waals surface area contributed by atoms with Crippen LogP contribution in [0.15, 0.2) is 12.4 Å². The smallest absolute Gasteiger partial charge is 0.305 e. The van der Waals surface area contributed by atoms with Crippen LogP contribution in [0.4, 0.5) is 0 Å². The van der Waals surface area contributed by atoms with Crippen LogP contribution in [0.2, 0.25) is 10.0 Å². The molecule has 0 aliphatic rings. The number of carboxylic acids is 1. The number of aromatic nitrogens is 1. The van der Waals surface area contributed by atoms with Crippen LogP contribution < -0.4 is 5.73 Å². The van der Waals surface area contributed by atoms with Crippen LogP contribution >= 0.6 is 23.2 Å². The minimum absolute atomic E-state index is 0.219. The molecule has 1 aromatic heterocycles. The Kier molecular flexibility index (Phi) is 3.69. The highest BCUT2D eigenvalue weighted by Gasteiger charge is 2.17. The highest BCUT2D eigenvalue weighted by molar-refractivity contribution is 6.35. The van der Waals surface area contributed by atoms with Crippen molar-refractivity contribution in [2.45, 2.75) is 12.5 Å². The first-order valence-corrected chi connectivity index (χ1v) is 4.54.